The largest absolute Gasteiger partial charge is 0.456 e. The maximum atomic E-state index is 9.65. The summed E-state index contributed by atoms with van der Waals surface area (Å²) in [5.74, 6) is 0. The average molecular weight is 747 g/mol. The molecule has 0 radical (unpaired) electrons. The van der Waals surface area contributed by atoms with Crippen molar-refractivity contribution in [2.24, 2.45) is 0 Å². The van der Waals surface area contributed by atoms with Crippen LogP contribution in [0.5, 0.6) is 0 Å². The molecule has 0 aliphatic heterocycles. The summed E-state index contributed by atoms with van der Waals surface area (Å²) in [6, 6.07) is -25.9. The van der Waals surface area contributed by atoms with Gasteiger partial charge in [-0.2, -0.15) is 0 Å². The van der Waals surface area contributed by atoms with Crippen molar-refractivity contribution in [3.8, 4) is 22.3 Å². The molecule has 0 saturated heterocycles. The highest BCUT2D eigenvalue weighted by molar-refractivity contribution is 6.08. The van der Waals surface area contributed by atoms with E-state index < -0.39 is 295 Å². The van der Waals surface area contributed by atoms with Gasteiger partial charge in [0, 0.05) is 10.8 Å². The lowest BCUT2D eigenvalue weighted by Gasteiger charge is -2.18. The van der Waals surface area contributed by atoms with Crippen LogP contribution in [-0.2, 0) is 19.3 Å². The normalized spacial score (nSPS) is 19.8. The molecule has 10 aromatic carbocycles. The molecule has 0 aliphatic carbocycles. The average Bonchev–Trinajstić information content (AvgIpc) is 1.12. The highest BCUT2D eigenvalue weighted by Crippen LogP contribution is 2.38. The van der Waals surface area contributed by atoms with Crippen molar-refractivity contribution < 1.29 is 48.3 Å². The molecule has 0 amide bonds. The molecule has 0 unspecified atom stereocenters. The second-order valence-corrected chi connectivity index (χ2v) is 12.6. The van der Waals surface area contributed by atoms with Crippen LogP contribution in [0.25, 0.3) is 87.3 Å². The Morgan fingerprint density at radius 1 is 0.339 bits per heavy atom. The molecule has 1 aromatic heterocycles. The zero-order chi connectivity index (χ0) is 64.9. The molecule has 0 aliphatic rings. The van der Waals surface area contributed by atoms with E-state index in [9.17, 15) is 15.1 Å². The van der Waals surface area contributed by atoms with E-state index in [1.165, 1.54) is 0 Å². The highest BCUT2D eigenvalue weighted by Gasteiger charge is 2.16. The summed E-state index contributed by atoms with van der Waals surface area (Å²) < 4.78 is 292. The molecule has 0 atom stereocenters. The third-order valence-electron chi connectivity index (χ3n) is 9.39. The molecule has 1 heterocycles. The van der Waals surface area contributed by atoms with Gasteiger partial charge < -0.3 is 4.42 Å². The highest BCUT2D eigenvalue weighted by atomic mass is 16.3. The Kier molecular flexibility index (Phi) is 3.27. The second-order valence-electron chi connectivity index (χ2n) is 12.6. The molecule has 56 heavy (non-hydrogen) atoms. The minimum Gasteiger partial charge on any atom is -0.456 e. The van der Waals surface area contributed by atoms with Crippen LogP contribution in [0.15, 0.2) is 198 Å². The van der Waals surface area contributed by atoms with Gasteiger partial charge in [-0.15, -0.1) is 0 Å². The van der Waals surface area contributed by atoms with Crippen LogP contribution >= 0.6 is 0 Å². The molecule has 0 bridgehead atoms. The van der Waals surface area contributed by atoms with E-state index in [2.05, 4.69) is 0 Å². The van der Waals surface area contributed by atoms with Gasteiger partial charge in [0.1, 0.15) is 11.2 Å². The molecule has 1 nitrogen and oxygen atoms in total. The van der Waals surface area contributed by atoms with E-state index in [-0.39, 0.29) is 27.5 Å². The molecule has 0 saturated carbocycles. The lowest BCUT2D eigenvalue weighted by Crippen LogP contribution is -2.00. The lowest BCUT2D eigenvalue weighted by molar-refractivity contribution is 0.669. The van der Waals surface area contributed by atoms with Crippen molar-refractivity contribution >= 4 is 65.0 Å². The van der Waals surface area contributed by atoms with Crippen molar-refractivity contribution in [2.75, 3.05) is 0 Å². The Bertz CT molecular complexity index is 5030. The SMILES string of the molecule is [2H]c1c([2H])c([2H])c(-c2c([2H])c([2H])c3c(oc4c([2H])c([2H])c(-c5c([2H])c([2H])c6c(CCc7c8c([2H])c([2H])c([2H])c([2H])c8c(Cc8c([2H])c([2H])c9c([2H])c([2H])c([2H])c([2H])c9c8[2H])c8c([2H])c([2H])c([2H])c([2H])c78)c([2H])c([2H])c([2H])c6c5[2H])c([2H])c43)c2[2H])c([2H])c1[2H]. The molecule has 264 valence electrons. The maximum absolute atomic E-state index is 9.65. The van der Waals surface area contributed by atoms with Gasteiger partial charge in [0.15, 0.2) is 0 Å². The Labute approximate surface area is 371 Å². The van der Waals surface area contributed by atoms with Gasteiger partial charge in [-0.25, -0.2) is 0 Å². The molecule has 0 N–H and O–H groups in total. The molecular formula is C55H38O. The first-order valence-corrected chi connectivity index (χ1v) is 17.1. The van der Waals surface area contributed by atoms with Crippen LogP contribution in [0.2, 0.25) is 0 Å². The first-order chi connectivity index (χ1) is 41.1. The van der Waals surface area contributed by atoms with Crippen molar-refractivity contribution in [1.29, 1.82) is 0 Å². The van der Waals surface area contributed by atoms with Gasteiger partial charge in [-0.3, -0.25) is 0 Å². The number of furan rings is 1. The fraction of sp³-hybridized carbons (Fsp3) is 0.0545. The third kappa shape index (κ3) is 5.63. The standard InChI is InChI=1S/C55H38O/c1-2-11-37(12-3-1)43-25-29-51-53-34-42(26-30-54(53)56-55(51)35-43)41-24-27-45-39(15-10-16-44(45)33-41)23-28-50-46-17-6-8-19-48(46)52(49-20-9-7-18-47(49)50)32-36-21-22-38-13-4-5-14-40(38)31-36/h1-22,24-27,29-31,33-35H,23,28,32H2/i1D,2D,3D,4D,5D,6D,7D,8D,9D,10D,11D,12D,13D,14D,15D,16D,17D,18D,19D,20D,21D,22D,24D,25D,26D,27D,29D,30D,31D,33D,34D,35D. The Morgan fingerprint density at radius 3 is 1.75 bits per heavy atom. The topological polar surface area (TPSA) is 13.1 Å². The number of hydrogen-bond donors (Lipinski definition) is 0. The molecule has 1 heteroatoms. The Hall–Kier alpha value is -6.96. The fourth-order valence-corrected chi connectivity index (χ4v) is 6.83. The summed E-state index contributed by atoms with van der Waals surface area (Å²) in [5.41, 5.74) is -5.19. The predicted molar refractivity (Wildman–Crippen MR) is 238 cm³/mol. The van der Waals surface area contributed by atoms with E-state index in [0.717, 1.165) is 0 Å². The first kappa shape index (κ1) is 13.7. The summed E-state index contributed by atoms with van der Waals surface area (Å²) in [6.07, 6.45) is -1.97. The first-order valence-electron chi connectivity index (χ1n) is 33.1. The zero-order valence-corrected chi connectivity index (χ0v) is 28.5. The van der Waals surface area contributed by atoms with E-state index in [4.69, 9.17) is 33.2 Å². The minimum absolute atomic E-state index is 0.227. The van der Waals surface area contributed by atoms with E-state index in [0.29, 0.717) is 0 Å². The summed E-state index contributed by atoms with van der Waals surface area (Å²) in [6.45, 7) is 0. The summed E-state index contributed by atoms with van der Waals surface area (Å²) in [7, 11) is 0. The Balaban J connectivity index is 1.15. The third-order valence-corrected chi connectivity index (χ3v) is 9.39. The van der Waals surface area contributed by atoms with E-state index >= 15 is 0 Å². The van der Waals surface area contributed by atoms with Crippen molar-refractivity contribution in [3.63, 3.8) is 0 Å². The lowest BCUT2D eigenvalue weighted by atomic mass is 9.86. The van der Waals surface area contributed by atoms with Crippen LogP contribution in [0.1, 0.15) is 66.1 Å². The molecule has 0 spiro atoms. The number of rotatable bonds is 7. The van der Waals surface area contributed by atoms with Gasteiger partial charge in [0.05, 0.1) is 43.9 Å². The summed E-state index contributed by atoms with van der Waals surface area (Å²) in [5, 5.41) is -4.54. The van der Waals surface area contributed by atoms with Gasteiger partial charge in [-0.05, 0) is 137 Å². The molecule has 0 fully saturated rings. The summed E-state index contributed by atoms with van der Waals surface area (Å²) >= 11 is 0. The smallest absolute Gasteiger partial charge is 0.136 e. The van der Waals surface area contributed by atoms with Gasteiger partial charge >= 0.3 is 0 Å². The number of hydrogen-bond acceptors (Lipinski definition) is 1. The van der Waals surface area contributed by atoms with Crippen molar-refractivity contribution in [3.05, 3.63) is 216 Å². The van der Waals surface area contributed by atoms with Crippen LogP contribution < -0.4 is 0 Å². The monoisotopic (exact) mass is 746 g/mol. The number of fused-ring (bicyclic) bond motifs is 7. The molecule has 11 aromatic rings. The van der Waals surface area contributed by atoms with Gasteiger partial charge in [0.2, 0.25) is 0 Å². The van der Waals surface area contributed by atoms with Crippen LogP contribution in [0.4, 0.5) is 0 Å². The quantitative estimate of drug-likeness (QED) is 0.148. The maximum Gasteiger partial charge on any atom is 0.136 e. The van der Waals surface area contributed by atoms with Gasteiger partial charge in [0.25, 0.3) is 0 Å². The zero-order valence-electron chi connectivity index (χ0n) is 60.5. The summed E-state index contributed by atoms with van der Waals surface area (Å²) in [4.78, 5) is 0. The number of aryl methyl sites for hydroxylation is 2. The predicted octanol–water partition coefficient (Wildman–Crippen LogP) is 14.9. The van der Waals surface area contributed by atoms with Crippen LogP contribution in [0.3, 0.4) is 0 Å². The Morgan fingerprint density at radius 2 is 0.964 bits per heavy atom. The number of benzene rings is 10. The van der Waals surface area contributed by atoms with Crippen molar-refractivity contribution in [1.82, 2.24) is 0 Å². The van der Waals surface area contributed by atoms with Crippen molar-refractivity contribution in [2.45, 2.75) is 19.3 Å². The fourth-order valence-electron chi connectivity index (χ4n) is 6.83. The van der Waals surface area contributed by atoms with E-state index in [1.54, 1.807) is 0 Å². The van der Waals surface area contributed by atoms with Gasteiger partial charge in [-0.1, -0.05) is 163 Å². The second kappa shape index (κ2) is 13.4. The van der Waals surface area contributed by atoms with E-state index in [1.807, 2.05) is 0 Å². The minimum atomic E-state index is -0.938. The van der Waals surface area contributed by atoms with Crippen LogP contribution in [-0.4, -0.2) is 0 Å². The molecular weight excluding hydrogens is 677 g/mol. The molecule has 11 rings (SSSR count). The van der Waals surface area contributed by atoms with Crippen LogP contribution in [0, 0.1) is 0 Å².